The lowest BCUT2D eigenvalue weighted by Crippen LogP contribution is -2.13. The van der Waals surface area contributed by atoms with Crippen LogP contribution in [0.4, 0.5) is 15.8 Å². The fourth-order valence-electron chi connectivity index (χ4n) is 2.88. The van der Waals surface area contributed by atoms with Crippen molar-refractivity contribution in [2.24, 2.45) is 0 Å². The van der Waals surface area contributed by atoms with Crippen LogP contribution in [0.5, 0.6) is 0 Å². The second-order valence-electron chi connectivity index (χ2n) is 6.35. The van der Waals surface area contributed by atoms with Crippen LogP contribution >= 0.6 is 34.8 Å². The van der Waals surface area contributed by atoms with E-state index in [4.69, 9.17) is 40.5 Å². The molecular weight excluding hydrogens is 466 g/mol. The number of nitrogens with one attached hydrogen (secondary N) is 1. The monoisotopic (exact) mass is 476 g/mol. The third-order valence-electron chi connectivity index (χ3n) is 4.29. The number of hydrogen-bond donors (Lipinski definition) is 2. The molecular formula is C20H12Cl3FN6O. The molecule has 0 bridgehead atoms. The quantitative estimate of drug-likeness (QED) is 0.391. The van der Waals surface area contributed by atoms with Gasteiger partial charge in [0, 0.05) is 21.8 Å². The lowest BCUT2D eigenvalue weighted by molar-refractivity contribution is 0.102. The van der Waals surface area contributed by atoms with Gasteiger partial charge in [0.2, 0.25) is 0 Å². The highest BCUT2D eigenvalue weighted by Gasteiger charge is 2.17. The second kappa shape index (κ2) is 8.50. The van der Waals surface area contributed by atoms with Crippen LogP contribution < -0.4 is 11.1 Å². The number of pyridine rings is 1. The van der Waals surface area contributed by atoms with Gasteiger partial charge >= 0.3 is 0 Å². The number of aromatic nitrogens is 4. The highest BCUT2D eigenvalue weighted by molar-refractivity contribution is 6.38. The molecule has 0 spiro atoms. The summed E-state index contributed by atoms with van der Waals surface area (Å²) in [7, 11) is 0. The first kappa shape index (κ1) is 21.0. The first-order valence-electron chi connectivity index (χ1n) is 8.71. The molecule has 156 valence electrons. The molecule has 2 aromatic carbocycles. The fourth-order valence-corrected chi connectivity index (χ4v) is 3.63. The number of carbonyl (C=O) groups is 1. The SMILES string of the molecule is Nc1cc(F)ccc1-c1cc(Cl)c(C(=O)Nc2cnc(-n3nccn3)c(Cl)c2)cc1Cl. The van der Waals surface area contributed by atoms with Gasteiger partial charge in [-0.1, -0.05) is 34.8 Å². The molecule has 0 aliphatic carbocycles. The standard InChI is InChI=1S/C20H12Cl3FN6O/c21-15-8-14(16(22)7-13(15)12-2-1-10(24)5-18(12)25)20(31)29-11-6-17(23)19(26-9-11)30-27-3-4-28-30/h1-9H,25H2,(H,29,31). The Kier molecular flexibility index (Phi) is 5.77. The molecule has 11 heteroatoms. The highest BCUT2D eigenvalue weighted by Crippen LogP contribution is 2.36. The van der Waals surface area contributed by atoms with Crippen molar-refractivity contribution in [2.45, 2.75) is 0 Å². The molecule has 0 atom stereocenters. The Hall–Kier alpha value is -3.20. The van der Waals surface area contributed by atoms with E-state index in [-0.39, 0.29) is 26.3 Å². The van der Waals surface area contributed by atoms with Crippen LogP contribution in [-0.2, 0) is 0 Å². The fraction of sp³-hybridized carbons (Fsp3) is 0. The van der Waals surface area contributed by atoms with Gasteiger partial charge in [0.05, 0.1) is 39.9 Å². The normalized spacial score (nSPS) is 10.8. The van der Waals surface area contributed by atoms with Crippen LogP contribution in [0.25, 0.3) is 16.9 Å². The predicted octanol–water partition coefficient (Wildman–Crippen LogP) is 5.26. The zero-order valence-corrected chi connectivity index (χ0v) is 17.8. The number of anilines is 2. The topological polar surface area (TPSA) is 98.7 Å². The van der Waals surface area contributed by atoms with E-state index >= 15 is 0 Å². The van der Waals surface area contributed by atoms with Crippen LogP contribution in [0, 0.1) is 5.82 Å². The van der Waals surface area contributed by atoms with Crippen LogP contribution in [-0.4, -0.2) is 25.9 Å². The highest BCUT2D eigenvalue weighted by atomic mass is 35.5. The third kappa shape index (κ3) is 4.32. The summed E-state index contributed by atoms with van der Waals surface area (Å²) in [5.74, 6) is -0.679. The Morgan fingerprint density at radius 1 is 0.968 bits per heavy atom. The number of amides is 1. The average Bonchev–Trinajstić information content (AvgIpc) is 3.24. The van der Waals surface area contributed by atoms with Crippen molar-refractivity contribution in [1.82, 2.24) is 20.0 Å². The smallest absolute Gasteiger partial charge is 0.257 e. The molecule has 0 radical (unpaired) electrons. The number of nitrogens with two attached hydrogens (primary N) is 1. The van der Waals surface area contributed by atoms with E-state index in [1.807, 2.05) is 0 Å². The van der Waals surface area contributed by atoms with Gasteiger partial charge in [0.15, 0.2) is 5.82 Å². The zero-order chi connectivity index (χ0) is 22.1. The lowest BCUT2D eigenvalue weighted by Gasteiger charge is -2.12. The van der Waals surface area contributed by atoms with Crippen molar-refractivity contribution in [3.8, 4) is 16.9 Å². The van der Waals surface area contributed by atoms with Gasteiger partial charge in [-0.05, 0) is 36.4 Å². The van der Waals surface area contributed by atoms with Crippen molar-refractivity contribution in [3.63, 3.8) is 0 Å². The van der Waals surface area contributed by atoms with Crippen molar-refractivity contribution in [2.75, 3.05) is 11.1 Å². The molecule has 2 heterocycles. The van der Waals surface area contributed by atoms with E-state index < -0.39 is 11.7 Å². The maximum absolute atomic E-state index is 13.3. The molecule has 0 saturated heterocycles. The lowest BCUT2D eigenvalue weighted by atomic mass is 10.0. The number of carbonyl (C=O) groups excluding carboxylic acids is 1. The van der Waals surface area contributed by atoms with Gasteiger partial charge in [-0.2, -0.15) is 10.2 Å². The Labute approximate surface area is 190 Å². The summed E-state index contributed by atoms with van der Waals surface area (Å²) in [4.78, 5) is 18.2. The van der Waals surface area contributed by atoms with Crippen molar-refractivity contribution >= 4 is 52.1 Å². The first-order valence-corrected chi connectivity index (χ1v) is 9.85. The van der Waals surface area contributed by atoms with E-state index in [1.54, 1.807) is 0 Å². The number of nitrogens with zero attached hydrogens (tertiary/aromatic N) is 4. The number of benzene rings is 2. The molecule has 0 aliphatic heterocycles. The molecule has 0 aliphatic rings. The minimum absolute atomic E-state index is 0.130. The first-order chi connectivity index (χ1) is 14.8. The van der Waals surface area contributed by atoms with Gasteiger partial charge in [-0.25, -0.2) is 9.37 Å². The summed E-state index contributed by atoms with van der Waals surface area (Å²) in [5, 5.41) is 11.2. The van der Waals surface area contributed by atoms with Crippen molar-refractivity contribution in [3.05, 3.63) is 81.4 Å². The second-order valence-corrected chi connectivity index (χ2v) is 7.57. The number of rotatable bonds is 4. The molecule has 0 fully saturated rings. The summed E-state index contributed by atoms with van der Waals surface area (Å²) in [5.41, 5.74) is 7.52. The summed E-state index contributed by atoms with van der Waals surface area (Å²) >= 11 is 18.9. The maximum atomic E-state index is 13.3. The largest absolute Gasteiger partial charge is 0.398 e. The molecule has 1 amide bonds. The van der Waals surface area contributed by atoms with E-state index in [2.05, 4.69) is 20.5 Å². The number of nitrogen functional groups attached to an aromatic ring is 1. The van der Waals surface area contributed by atoms with E-state index in [1.165, 1.54) is 59.8 Å². The van der Waals surface area contributed by atoms with E-state index in [0.717, 1.165) is 0 Å². The van der Waals surface area contributed by atoms with Gasteiger partial charge in [0.25, 0.3) is 5.91 Å². The number of hydrogen-bond acceptors (Lipinski definition) is 5. The van der Waals surface area contributed by atoms with Gasteiger partial charge in [0.1, 0.15) is 5.82 Å². The Morgan fingerprint density at radius 3 is 2.39 bits per heavy atom. The Balaban J connectivity index is 1.61. The van der Waals surface area contributed by atoms with Crippen molar-refractivity contribution in [1.29, 1.82) is 0 Å². The van der Waals surface area contributed by atoms with Crippen LogP contribution in [0.15, 0.2) is 55.0 Å². The summed E-state index contributed by atoms with van der Waals surface area (Å²) in [6, 6.07) is 8.35. The number of halogens is 4. The van der Waals surface area contributed by atoms with Crippen LogP contribution in [0.2, 0.25) is 15.1 Å². The molecule has 31 heavy (non-hydrogen) atoms. The Bertz CT molecular complexity index is 1300. The van der Waals surface area contributed by atoms with Gasteiger partial charge < -0.3 is 11.1 Å². The average molecular weight is 478 g/mol. The molecule has 4 aromatic rings. The molecule has 7 nitrogen and oxygen atoms in total. The zero-order valence-electron chi connectivity index (χ0n) is 15.5. The Morgan fingerprint density at radius 2 is 1.71 bits per heavy atom. The summed E-state index contributed by atoms with van der Waals surface area (Å²) in [6.45, 7) is 0. The molecule has 4 rings (SSSR count). The van der Waals surface area contributed by atoms with Gasteiger partial charge in [-0.3, -0.25) is 4.79 Å². The summed E-state index contributed by atoms with van der Waals surface area (Å²) in [6.07, 6.45) is 4.39. The van der Waals surface area contributed by atoms with E-state index in [9.17, 15) is 9.18 Å². The molecule has 0 unspecified atom stereocenters. The predicted molar refractivity (Wildman–Crippen MR) is 118 cm³/mol. The minimum atomic E-state index is -0.520. The van der Waals surface area contributed by atoms with E-state index in [0.29, 0.717) is 22.6 Å². The molecule has 3 N–H and O–H groups in total. The van der Waals surface area contributed by atoms with Crippen LogP contribution in [0.3, 0.4) is 0 Å². The summed E-state index contributed by atoms with van der Waals surface area (Å²) < 4.78 is 13.3. The molecule has 0 saturated carbocycles. The third-order valence-corrected chi connectivity index (χ3v) is 5.20. The van der Waals surface area contributed by atoms with Crippen molar-refractivity contribution < 1.29 is 9.18 Å². The molecule has 2 aromatic heterocycles. The minimum Gasteiger partial charge on any atom is -0.398 e. The maximum Gasteiger partial charge on any atom is 0.257 e. The van der Waals surface area contributed by atoms with Crippen LogP contribution in [0.1, 0.15) is 10.4 Å². The van der Waals surface area contributed by atoms with Gasteiger partial charge in [-0.15, -0.1) is 4.80 Å².